The molecule has 1 unspecified atom stereocenters. The second kappa shape index (κ2) is 8.10. The Balaban J connectivity index is 2.71. The highest BCUT2D eigenvalue weighted by Gasteiger charge is 2.14. The van der Waals surface area contributed by atoms with Gasteiger partial charge in [0.15, 0.2) is 0 Å². The van der Waals surface area contributed by atoms with Crippen LogP contribution < -0.4 is 10.5 Å². The molecule has 0 heterocycles. The lowest BCUT2D eigenvalue weighted by molar-refractivity contribution is 0.232. The standard InChI is InChI=1S/C15H22FNOS/c1-3-5-7-11(4-2)10-18-13-9-6-8-12(16)14(13)15(17)19/h6,8-9,11H,3-5,7,10H2,1-2H3,(H2,17,19). The van der Waals surface area contributed by atoms with E-state index in [9.17, 15) is 4.39 Å². The minimum Gasteiger partial charge on any atom is -0.492 e. The van der Waals surface area contributed by atoms with E-state index in [1.165, 1.54) is 18.9 Å². The van der Waals surface area contributed by atoms with Crippen molar-refractivity contribution in [2.45, 2.75) is 39.5 Å². The van der Waals surface area contributed by atoms with Gasteiger partial charge in [0, 0.05) is 0 Å². The quantitative estimate of drug-likeness (QED) is 0.731. The van der Waals surface area contributed by atoms with Gasteiger partial charge in [0.05, 0.1) is 12.2 Å². The summed E-state index contributed by atoms with van der Waals surface area (Å²) in [6, 6.07) is 4.67. The maximum atomic E-state index is 13.7. The number of halogens is 1. The summed E-state index contributed by atoms with van der Waals surface area (Å²) in [5.41, 5.74) is 5.76. The van der Waals surface area contributed by atoms with Crippen LogP contribution in [0.4, 0.5) is 4.39 Å². The monoisotopic (exact) mass is 283 g/mol. The molecule has 0 aliphatic heterocycles. The van der Waals surface area contributed by atoms with Crippen molar-refractivity contribution < 1.29 is 9.13 Å². The predicted octanol–water partition coefficient (Wildman–Crippen LogP) is 4.06. The van der Waals surface area contributed by atoms with Crippen LogP contribution in [-0.2, 0) is 0 Å². The zero-order valence-electron chi connectivity index (χ0n) is 11.6. The summed E-state index contributed by atoms with van der Waals surface area (Å²) in [5.74, 6) is 0.511. The highest BCUT2D eigenvalue weighted by Crippen LogP contribution is 2.23. The molecule has 1 aromatic carbocycles. The first kappa shape index (κ1) is 15.9. The fourth-order valence-electron chi connectivity index (χ4n) is 1.97. The number of hydrogen-bond acceptors (Lipinski definition) is 2. The summed E-state index contributed by atoms with van der Waals surface area (Å²) in [4.78, 5) is 0.0368. The molecular weight excluding hydrogens is 261 g/mol. The highest BCUT2D eigenvalue weighted by atomic mass is 32.1. The lowest BCUT2D eigenvalue weighted by Crippen LogP contribution is -2.17. The van der Waals surface area contributed by atoms with E-state index in [1.807, 2.05) is 0 Å². The first-order valence-electron chi connectivity index (χ1n) is 6.81. The number of ether oxygens (including phenoxy) is 1. The van der Waals surface area contributed by atoms with E-state index in [0.29, 0.717) is 18.3 Å². The average molecular weight is 283 g/mol. The average Bonchev–Trinajstić information content (AvgIpc) is 2.38. The zero-order valence-corrected chi connectivity index (χ0v) is 12.4. The molecule has 0 fully saturated rings. The maximum absolute atomic E-state index is 13.7. The van der Waals surface area contributed by atoms with Crippen molar-refractivity contribution in [2.24, 2.45) is 11.7 Å². The normalized spacial score (nSPS) is 12.2. The van der Waals surface area contributed by atoms with Crippen LogP contribution in [0.3, 0.4) is 0 Å². The molecule has 0 saturated carbocycles. The Morgan fingerprint density at radius 2 is 2.16 bits per heavy atom. The van der Waals surface area contributed by atoms with Gasteiger partial charge >= 0.3 is 0 Å². The fourth-order valence-corrected chi connectivity index (χ4v) is 2.17. The molecule has 0 radical (unpaired) electrons. The second-order valence-electron chi connectivity index (χ2n) is 4.70. The number of benzene rings is 1. The predicted molar refractivity (Wildman–Crippen MR) is 81.1 cm³/mol. The molecule has 0 spiro atoms. The molecule has 106 valence electrons. The molecule has 4 heteroatoms. The Bertz CT molecular complexity index is 423. The second-order valence-corrected chi connectivity index (χ2v) is 5.14. The van der Waals surface area contributed by atoms with Crippen molar-refractivity contribution in [1.82, 2.24) is 0 Å². The number of hydrogen-bond donors (Lipinski definition) is 1. The van der Waals surface area contributed by atoms with Crippen LogP contribution >= 0.6 is 12.2 Å². The van der Waals surface area contributed by atoms with Crippen molar-refractivity contribution in [3.05, 3.63) is 29.6 Å². The zero-order chi connectivity index (χ0) is 14.3. The molecular formula is C15H22FNOS. The summed E-state index contributed by atoms with van der Waals surface area (Å²) in [6.45, 7) is 4.89. The van der Waals surface area contributed by atoms with Gasteiger partial charge in [-0.15, -0.1) is 0 Å². The van der Waals surface area contributed by atoms with E-state index >= 15 is 0 Å². The van der Waals surface area contributed by atoms with Crippen LogP contribution in [0, 0.1) is 11.7 Å². The lowest BCUT2D eigenvalue weighted by Gasteiger charge is -2.17. The van der Waals surface area contributed by atoms with E-state index in [-0.39, 0.29) is 10.6 Å². The Kier molecular flexibility index (Phi) is 6.78. The van der Waals surface area contributed by atoms with Crippen LogP contribution in [0.1, 0.15) is 45.1 Å². The van der Waals surface area contributed by atoms with Crippen molar-refractivity contribution >= 4 is 17.2 Å². The molecule has 0 aliphatic rings. The number of nitrogens with two attached hydrogens (primary N) is 1. The van der Waals surface area contributed by atoms with Crippen LogP contribution in [-0.4, -0.2) is 11.6 Å². The van der Waals surface area contributed by atoms with Gasteiger partial charge in [-0.05, 0) is 24.5 Å². The third kappa shape index (κ3) is 4.78. The van der Waals surface area contributed by atoms with Gasteiger partial charge in [-0.3, -0.25) is 0 Å². The summed E-state index contributed by atoms with van der Waals surface area (Å²) in [5, 5.41) is 0. The highest BCUT2D eigenvalue weighted by molar-refractivity contribution is 7.80. The van der Waals surface area contributed by atoms with E-state index in [4.69, 9.17) is 22.7 Å². The van der Waals surface area contributed by atoms with Crippen molar-refractivity contribution in [2.75, 3.05) is 6.61 Å². The largest absolute Gasteiger partial charge is 0.492 e. The topological polar surface area (TPSA) is 35.2 Å². The molecule has 0 aliphatic carbocycles. The molecule has 1 atom stereocenters. The van der Waals surface area contributed by atoms with Gasteiger partial charge in [-0.25, -0.2) is 4.39 Å². The van der Waals surface area contributed by atoms with E-state index < -0.39 is 5.82 Å². The van der Waals surface area contributed by atoms with Gasteiger partial charge in [0.1, 0.15) is 16.6 Å². The van der Waals surface area contributed by atoms with Crippen LogP contribution in [0.2, 0.25) is 0 Å². The van der Waals surface area contributed by atoms with Crippen molar-refractivity contribution in [1.29, 1.82) is 0 Å². The fraction of sp³-hybridized carbons (Fsp3) is 0.533. The number of rotatable bonds is 8. The Labute approximate surface area is 120 Å². The first-order valence-corrected chi connectivity index (χ1v) is 7.22. The van der Waals surface area contributed by atoms with Gasteiger partial charge in [-0.2, -0.15) is 0 Å². The lowest BCUT2D eigenvalue weighted by atomic mass is 10.0. The Morgan fingerprint density at radius 1 is 1.42 bits per heavy atom. The molecule has 0 amide bonds. The molecule has 1 rings (SSSR count). The summed E-state index contributed by atoms with van der Waals surface area (Å²) in [6.07, 6.45) is 4.55. The molecule has 0 saturated heterocycles. The van der Waals surface area contributed by atoms with Gasteiger partial charge in [0.2, 0.25) is 0 Å². The smallest absolute Gasteiger partial charge is 0.137 e. The minimum atomic E-state index is -0.424. The summed E-state index contributed by atoms with van der Waals surface area (Å²) in [7, 11) is 0. The van der Waals surface area contributed by atoms with Gasteiger partial charge in [0.25, 0.3) is 0 Å². The molecule has 0 aromatic heterocycles. The van der Waals surface area contributed by atoms with E-state index in [1.54, 1.807) is 12.1 Å². The number of thiocarbonyl (C=S) groups is 1. The van der Waals surface area contributed by atoms with Gasteiger partial charge in [-0.1, -0.05) is 51.4 Å². The first-order chi connectivity index (χ1) is 9.10. The van der Waals surface area contributed by atoms with E-state index in [2.05, 4.69) is 13.8 Å². The Morgan fingerprint density at radius 3 is 2.74 bits per heavy atom. The van der Waals surface area contributed by atoms with Crippen molar-refractivity contribution in [3.63, 3.8) is 0 Å². The Hall–Kier alpha value is -1.16. The van der Waals surface area contributed by atoms with Crippen LogP contribution in [0.5, 0.6) is 5.75 Å². The minimum absolute atomic E-state index is 0.0368. The number of unbranched alkanes of at least 4 members (excludes halogenated alkanes) is 1. The van der Waals surface area contributed by atoms with Crippen molar-refractivity contribution in [3.8, 4) is 5.75 Å². The molecule has 2 N–H and O–H groups in total. The summed E-state index contributed by atoms with van der Waals surface area (Å²) < 4.78 is 19.4. The van der Waals surface area contributed by atoms with E-state index in [0.717, 1.165) is 12.8 Å². The third-order valence-corrected chi connectivity index (χ3v) is 3.44. The van der Waals surface area contributed by atoms with Gasteiger partial charge < -0.3 is 10.5 Å². The maximum Gasteiger partial charge on any atom is 0.137 e. The van der Waals surface area contributed by atoms with Crippen LogP contribution in [0.25, 0.3) is 0 Å². The third-order valence-electron chi connectivity index (χ3n) is 3.24. The SMILES string of the molecule is CCCCC(CC)COc1cccc(F)c1C(N)=S. The molecule has 19 heavy (non-hydrogen) atoms. The van der Waals surface area contributed by atoms with Crippen LogP contribution in [0.15, 0.2) is 18.2 Å². The molecule has 0 bridgehead atoms. The molecule has 2 nitrogen and oxygen atoms in total. The molecule has 1 aromatic rings. The summed E-state index contributed by atoms with van der Waals surface area (Å²) >= 11 is 4.87.